The van der Waals surface area contributed by atoms with Gasteiger partial charge in [0, 0.05) is 0 Å². The Kier molecular flexibility index (Phi) is 6.40. The van der Waals surface area contributed by atoms with Crippen LogP contribution in [-0.2, 0) is 0 Å². The van der Waals surface area contributed by atoms with Gasteiger partial charge in [0.05, 0.1) is 42.8 Å². The fourth-order valence-electron chi connectivity index (χ4n) is 3.99. The van der Waals surface area contributed by atoms with Gasteiger partial charge in [-0.3, -0.25) is 4.79 Å². The minimum atomic E-state index is -0.310. The Bertz CT molecular complexity index is 1630. The highest BCUT2D eigenvalue weighted by Crippen LogP contribution is 2.33. The topological polar surface area (TPSA) is 88.1 Å². The van der Waals surface area contributed by atoms with Crippen molar-refractivity contribution in [3.63, 3.8) is 0 Å². The van der Waals surface area contributed by atoms with Crippen molar-refractivity contribution in [1.82, 2.24) is 9.66 Å². The van der Waals surface area contributed by atoms with Gasteiger partial charge in [-0.25, -0.2) is 4.98 Å². The third-order valence-corrected chi connectivity index (χ3v) is 5.61. The van der Waals surface area contributed by atoms with E-state index in [1.54, 1.807) is 37.6 Å². The molecular formula is C28H25N3O5. The summed E-state index contributed by atoms with van der Waals surface area (Å²) in [6, 6.07) is 20.0. The standard InChI is InChI=1S/C28H25N3O5/c1-4-34-24-14-13-18(15-25(24)35-5-2)17-29-31-27(30-21-10-7-6-9-19(21)28(31)32)26-16-20-22(33-3)11-8-12-23(20)36-26/h6-17H,4-5H2,1-3H3. The lowest BCUT2D eigenvalue weighted by Gasteiger charge is -2.11. The van der Waals surface area contributed by atoms with Crippen LogP contribution in [0, 0.1) is 0 Å². The first-order valence-electron chi connectivity index (χ1n) is 11.7. The maximum Gasteiger partial charge on any atom is 0.282 e. The molecule has 2 heterocycles. The van der Waals surface area contributed by atoms with Gasteiger partial charge in [-0.15, -0.1) is 0 Å². The second kappa shape index (κ2) is 9.95. The SMILES string of the molecule is CCOc1ccc(C=Nn2c(-c3cc4c(OC)cccc4o3)nc3ccccc3c2=O)cc1OCC. The van der Waals surface area contributed by atoms with Gasteiger partial charge >= 0.3 is 0 Å². The molecule has 5 aromatic rings. The number of methoxy groups -OCH3 is 1. The molecule has 0 saturated heterocycles. The van der Waals surface area contributed by atoms with Gasteiger partial charge in [0.25, 0.3) is 5.56 Å². The van der Waals surface area contributed by atoms with Crippen LogP contribution in [0.4, 0.5) is 0 Å². The van der Waals surface area contributed by atoms with Crippen LogP contribution in [0.2, 0.25) is 0 Å². The second-order valence-corrected chi connectivity index (χ2v) is 7.87. The lowest BCUT2D eigenvalue weighted by molar-refractivity contribution is 0.288. The van der Waals surface area contributed by atoms with E-state index in [0.717, 1.165) is 10.9 Å². The number of fused-ring (bicyclic) bond motifs is 2. The first-order chi connectivity index (χ1) is 17.6. The largest absolute Gasteiger partial charge is 0.496 e. The Labute approximate surface area is 207 Å². The molecule has 36 heavy (non-hydrogen) atoms. The van der Waals surface area contributed by atoms with Gasteiger partial charge in [-0.1, -0.05) is 18.2 Å². The molecule has 0 fully saturated rings. The van der Waals surface area contributed by atoms with Gasteiger partial charge in [0.2, 0.25) is 5.82 Å². The summed E-state index contributed by atoms with van der Waals surface area (Å²) in [5.74, 6) is 2.61. The monoisotopic (exact) mass is 483 g/mol. The molecule has 0 saturated carbocycles. The fraction of sp³-hybridized carbons (Fsp3) is 0.179. The molecule has 2 aromatic heterocycles. The number of ether oxygens (including phenoxy) is 3. The van der Waals surface area contributed by atoms with E-state index in [1.165, 1.54) is 4.68 Å². The molecule has 3 aromatic carbocycles. The van der Waals surface area contributed by atoms with Crippen LogP contribution in [0.15, 0.2) is 81.0 Å². The summed E-state index contributed by atoms with van der Waals surface area (Å²) in [5.41, 5.74) is 1.60. The summed E-state index contributed by atoms with van der Waals surface area (Å²) >= 11 is 0. The van der Waals surface area contributed by atoms with E-state index in [-0.39, 0.29) is 11.4 Å². The van der Waals surface area contributed by atoms with E-state index in [4.69, 9.17) is 23.6 Å². The smallest absolute Gasteiger partial charge is 0.282 e. The van der Waals surface area contributed by atoms with E-state index >= 15 is 0 Å². The average molecular weight is 484 g/mol. The first kappa shape index (κ1) is 23.2. The molecule has 8 nitrogen and oxygen atoms in total. The summed E-state index contributed by atoms with van der Waals surface area (Å²) in [7, 11) is 1.60. The van der Waals surface area contributed by atoms with Crippen molar-refractivity contribution in [1.29, 1.82) is 0 Å². The third-order valence-electron chi connectivity index (χ3n) is 5.61. The molecule has 182 valence electrons. The number of nitrogens with zero attached hydrogens (tertiary/aromatic N) is 3. The number of furan rings is 1. The zero-order chi connectivity index (χ0) is 25.1. The highest BCUT2D eigenvalue weighted by atomic mass is 16.5. The maximum atomic E-state index is 13.5. The van der Waals surface area contributed by atoms with Crippen LogP contribution < -0.4 is 19.8 Å². The first-order valence-corrected chi connectivity index (χ1v) is 11.7. The predicted molar refractivity (Wildman–Crippen MR) is 140 cm³/mol. The summed E-state index contributed by atoms with van der Waals surface area (Å²) < 4.78 is 24.2. The summed E-state index contributed by atoms with van der Waals surface area (Å²) in [5, 5.41) is 5.75. The van der Waals surface area contributed by atoms with Crippen LogP contribution in [0.3, 0.4) is 0 Å². The van der Waals surface area contributed by atoms with Gasteiger partial charge in [-0.05, 0) is 67.9 Å². The lowest BCUT2D eigenvalue weighted by Crippen LogP contribution is -2.20. The van der Waals surface area contributed by atoms with Crippen molar-refractivity contribution in [2.24, 2.45) is 5.10 Å². The van der Waals surface area contributed by atoms with Crippen molar-refractivity contribution >= 4 is 28.1 Å². The molecule has 0 unspecified atom stereocenters. The van der Waals surface area contributed by atoms with Crippen LogP contribution in [0.1, 0.15) is 19.4 Å². The van der Waals surface area contributed by atoms with Crippen molar-refractivity contribution in [3.05, 3.63) is 82.6 Å². The molecule has 5 rings (SSSR count). The van der Waals surface area contributed by atoms with E-state index < -0.39 is 0 Å². The predicted octanol–water partition coefficient (Wildman–Crippen LogP) is 5.50. The third kappa shape index (κ3) is 4.29. The van der Waals surface area contributed by atoms with Crippen LogP contribution in [0.25, 0.3) is 33.5 Å². The Morgan fingerprint density at radius 3 is 2.53 bits per heavy atom. The van der Waals surface area contributed by atoms with Crippen molar-refractivity contribution in [2.45, 2.75) is 13.8 Å². The molecule has 0 aliphatic heterocycles. The van der Waals surface area contributed by atoms with Crippen molar-refractivity contribution in [2.75, 3.05) is 20.3 Å². The fourth-order valence-corrected chi connectivity index (χ4v) is 3.99. The zero-order valence-electron chi connectivity index (χ0n) is 20.2. The van der Waals surface area contributed by atoms with Gasteiger partial charge < -0.3 is 18.6 Å². The molecule has 8 heteroatoms. The van der Waals surface area contributed by atoms with Crippen LogP contribution >= 0.6 is 0 Å². The Hall–Kier alpha value is -4.59. The molecule has 0 aliphatic carbocycles. The van der Waals surface area contributed by atoms with E-state index in [0.29, 0.717) is 52.7 Å². The minimum absolute atomic E-state index is 0.282. The molecule has 0 bridgehead atoms. The minimum Gasteiger partial charge on any atom is -0.496 e. The van der Waals surface area contributed by atoms with Gasteiger partial charge in [0.1, 0.15) is 11.3 Å². The molecule has 0 radical (unpaired) electrons. The zero-order valence-corrected chi connectivity index (χ0v) is 20.2. The normalized spacial score (nSPS) is 11.4. The quantitative estimate of drug-likeness (QED) is 0.271. The number of rotatable bonds is 8. The van der Waals surface area contributed by atoms with Crippen molar-refractivity contribution < 1.29 is 18.6 Å². The van der Waals surface area contributed by atoms with Crippen molar-refractivity contribution in [3.8, 4) is 28.8 Å². The second-order valence-electron chi connectivity index (χ2n) is 7.87. The van der Waals surface area contributed by atoms with E-state index in [9.17, 15) is 4.79 Å². The Balaban J connectivity index is 1.66. The average Bonchev–Trinajstić information content (AvgIpc) is 3.34. The molecule has 0 atom stereocenters. The molecule has 0 spiro atoms. The molecule has 0 amide bonds. The van der Waals surface area contributed by atoms with Crippen LogP contribution in [-0.4, -0.2) is 36.2 Å². The molecule has 0 N–H and O–H groups in total. The molecular weight excluding hydrogens is 458 g/mol. The number of benzene rings is 3. The highest BCUT2D eigenvalue weighted by Gasteiger charge is 2.18. The lowest BCUT2D eigenvalue weighted by atomic mass is 10.2. The summed E-state index contributed by atoms with van der Waals surface area (Å²) in [6.07, 6.45) is 1.59. The number of aromatic nitrogens is 2. The summed E-state index contributed by atoms with van der Waals surface area (Å²) in [4.78, 5) is 18.2. The van der Waals surface area contributed by atoms with Gasteiger partial charge in [0.15, 0.2) is 17.3 Å². The Morgan fingerprint density at radius 1 is 0.917 bits per heavy atom. The number of hydrogen-bond donors (Lipinski definition) is 0. The number of hydrogen-bond acceptors (Lipinski definition) is 7. The Morgan fingerprint density at radius 2 is 1.72 bits per heavy atom. The molecule has 0 aliphatic rings. The van der Waals surface area contributed by atoms with Crippen LogP contribution in [0.5, 0.6) is 17.2 Å². The van der Waals surface area contributed by atoms with E-state index in [2.05, 4.69) is 5.10 Å². The van der Waals surface area contributed by atoms with Gasteiger partial charge in [-0.2, -0.15) is 9.78 Å². The summed E-state index contributed by atoms with van der Waals surface area (Å²) in [6.45, 7) is 4.84. The van der Waals surface area contributed by atoms with E-state index in [1.807, 2.05) is 56.3 Å². The number of para-hydroxylation sites is 1. The highest BCUT2D eigenvalue weighted by molar-refractivity contribution is 5.88. The maximum absolute atomic E-state index is 13.5.